The van der Waals surface area contributed by atoms with E-state index in [1.807, 2.05) is 39.0 Å². The lowest BCUT2D eigenvalue weighted by Gasteiger charge is -2.11. The summed E-state index contributed by atoms with van der Waals surface area (Å²) in [4.78, 5) is 51.5. The molecule has 180 valence electrons. The lowest BCUT2D eigenvalue weighted by atomic mass is 10.0. The SMILES string of the molecule is Cc1ccnc(NC(=O)c2cc(C(=O)Nc3cc(C)ccn3)cc(C(=O)Nc3cc(C)ccn3)c2)c1. The average molecular weight is 481 g/mol. The molecule has 0 aliphatic heterocycles. The Morgan fingerprint density at radius 3 is 1.03 bits per heavy atom. The number of rotatable bonds is 6. The van der Waals surface area contributed by atoms with Gasteiger partial charge in [-0.15, -0.1) is 0 Å². The molecule has 0 bridgehead atoms. The molecule has 0 aliphatic carbocycles. The molecule has 9 nitrogen and oxygen atoms in total. The second-order valence-electron chi connectivity index (χ2n) is 8.32. The molecule has 3 N–H and O–H groups in total. The van der Waals surface area contributed by atoms with Crippen molar-refractivity contribution in [1.82, 2.24) is 15.0 Å². The normalized spacial score (nSPS) is 10.4. The monoisotopic (exact) mass is 480 g/mol. The van der Waals surface area contributed by atoms with Gasteiger partial charge in [-0.2, -0.15) is 0 Å². The molecule has 3 aromatic heterocycles. The Balaban J connectivity index is 1.66. The number of carbonyl (C=O) groups is 3. The summed E-state index contributed by atoms with van der Waals surface area (Å²) >= 11 is 0. The van der Waals surface area contributed by atoms with Crippen LogP contribution in [-0.4, -0.2) is 32.7 Å². The largest absolute Gasteiger partial charge is 0.307 e. The van der Waals surface area contributed by atoms with E-state index in [1.165, 1.54) is 18.2 Å². The number of nitrogens with one attached hydrogen (secondary N) is 3. The molecule has 4 rings (SSSR count). The molecular weight excluding hydrogens is 456 g/mol. The van der Waals surface area contributed by atoms with E-state index in [0.29, 0.717) is 17.5 Å². The van der Waals surface area contributed by atoms with Gasteiger partial charge in [-0.05, 0) is 92.1 Å². The minimum Gasteiger partial charge on any atom is -0.307 e. The van der Waals surface area contributed by atoms with Crippen LogP contribution in [0.4, 0.5) is 17.5 Å². The quantitative estimate of drug-likeness (QED) is 0.372. The highest BCUT2D eigenvalue weighted by Gasteiger charge is 2.18. The first kappa shape index (κ1) is 24.2. The lowest BCUT2D eigenvalue weighted by molar-refractivity contribution is 0.102. The van der Waals surface area contributed by atoms with Crippen molar-refractivity contribution >= 4 is 35.2 Å². The minimum absolute atomic E-state index is 0.116. The van der Waals surface area contributed by atoms with Gasteiger partial charge >= 0.3 is 0 Å². The Bertz CT molecular complexity index is 1280. The number of aryl methyl sites for hydroxylation is 3. The molecule has 0 aliphatic rings. The van der Waals surface area contributed by atoms with E-state index in [9.17, 15) is 14.4 Å². The first-order valence-electron chi connectivity index (χ1n) is 11.1. The van der Waals surface area contributed by atoms with Gasteiger partial charge in [-0.3, -0.25) is 14.4 Å². The number of amides is 3. The van der Waals surface area contributed by atoms with Crippen LogP contribution in [-0.2, 0) is 0 Å². The summed E-state index contributed by atoms with van der Waals surface area (Å²) in [5.41, 5.74) is 3.11. The zero-order valence-corrected chi connectivity index (χ0v) is 20.0. The number of hydrogen-bond acceptors (Lipinski definition) is 6. The number of nitrogens with zero attached hydrogens (tertiary/aromatic N) is 3. The molecule has 36 heavy (non-hydrogen) atoms. The summed E-state index contributed by atoms with van der Waals surface area (Å²) in [6.45, 7) is 5.64. The van der Waals surface area contributed by atoms with E-state index in [0.717, 1.165) is 16.7 Å². The van der Waals surface area contributed by atoms with Crippen molar-refractivity contribution < 1.29 is 14.4 Å². The third-order valence-corrected chi connectivity index (χ3v) is 5.19. The zero-order valence-electron chi connectivity index (χ0n) is 20.0. The maximum absolute atomic E-state index is 13.0. The Morgan fingerprint density at radius 1 is 0.500 bits per heavy atom. The third kappa shape index (κ3) is 6.15. The molecule has 3 amide bonds. The number of anilines is 3. The molecule has 3 heterocycles. The Hall–Kier alpha value is -4.92. The molecule has 9 heteroatoms. The smallest absolute Gasteiger partial charge is 0.256 e. The number of carbonyl (C=O) groups excluding carboxylic acids is 3. The second kappa shape index (κ2) is 10.6. The average Bonchev–Trinajstić information content (AvgIpc) is 2.84. The third-order valence-electron chi connectivity index (χ3n) is 5.19. The highest BCUT2D eigenvalue weighted by atomic mass is 16.2. The van der Waals surface area contributed by atoms with Crippen LogP contribution in [0.2, 0.25) is 0 Å². The van der Waals surface area contributed by atoms with Crippen LogP contribution in [0, 0.1) is 20.8 Å². The highest BCUT2D eigenvalue weighted by molar-refractivity contribution is 6.12. The molecule has 0 saturated heterocycles. The minimum atomic E-state index is -0.515. The number of hydrogen-bond donors (Lipinski definition) is 3. The van der Waals surface area contributed by atoms with Gasteiger partial charge in [0.2, 0.25) is 0 Å². The van der Waals surface area contributed by atoms with Crippen molar-refractivity contribution in [1.29, 1.82) is 0 Å². The van der Waals surface area contributed by atoms with Crippen LogP contribution < -0.4 is 16.0 Å². The summed E-state index contributed by atoms with van der Waals surface area (Å²) < 4.78 is 0. The first-order chi connectivity index (χ1) is 17.3. The van der Waals surface area contributed by atoms with Crippen LogP contribution >= 0.6 is 0 Å². The van der Waals surface area contributed by atoms with E-state index in [-0.39, 0.29) is 16.7 Å². The summed E-state index contributed by atoms with van der Waals surface area (Å²) in [6, 6.07) is 14.8. The van der Waals surface area contributed by atoms with Gasteiger partial charge in [0.1, 0.15) is 17.5 Å². The standard InChI is InChI=1S/C27H24N6O3/c1-16-4-7-28-22(10-16)31-25(34)19-13-20(26(35)32-23-11-17(2)5-8-29-23)15-21(14-19)27(36)33-24-12-18(3)6-9-30-24/h4-15H,1-3H3,(H,28,31,34)(H,29,32,35)(H,30,33,36). The van der Waals surface area contributed by atoms with Gasteiger partial charge in [0, 0.05) is 35.3 Å². The summed E-state index contributed by atoms with van der Waals surface area (Å²) in [6.07, 6.45) is 4.74. The van der Waals surface area contributed by atoms with Crippen LogP contribution in [0.15, 0.2) is 73.2 Å². The van der Waals surface area contributed by atoms with Crippen molar-refractivity contribution in [2.45, 2.75) is 20.8 Å². The van der Waals surface area contributed by atoms with E-state index < -0.39 is 17.7 Å². The first-order valence-corrected chi connectivity index (χ1v) is 11.1. The molecule has 0 radical (unpaired) electrons. The van der Waals surface area contributed by atoms with Crippen molar-refractivity contribution in [3.05, 3.63) is 107 Å². The molecule has 4 aromatic rings. The summed E-state index contributed by atoms with van der Waals surface area (Å²) in [7, 11) is 0. The van der Waals surface area contributed by atoms with Gasteiger partial charge < -0.3 is 16.0 Å². The van der Waals surface area contributed by atoms with Crippen molar-refractivity contribution in [3.8, 4) is 0 Å². The van der Waals surface area contributed by atoms with Crippen molar-refractivity contribution in [2.24, 2.45) is 0 Å². The van der Waals surface area contributed by atoms with Crippen LogP contribution in [0.1, 0.15) is 47.8 Å². The van der Waals surface area contributed by atoms with E-state index >= 15 is 0 Å². The summed E-state index contributed by atoms with van der Waals surface area (Å²) in [5, 5.41) is 8.12. The molecule has 0 atom stereocenters. The van der Waals surface area contributed by atoms with Gasteiger partial charge in [0.15, 0.2) is 0 Å². The van der Waals surface area contributed by atoms with Gasteiger partial charge in [-0.1, -0.05) is 0 Å². The van der Waals surface area contributed by atoms with E-state index in [2.05, 4.69) is 30.9 Å². The van der Waals surface area contributed by atoms with Crippen LogP contribution in [0.5, 0.6) is 0 Å². The molecule has 0 fully saturated rings. The van der Waals surface area contributed by atoms with Gasteiger partial charge in [0.05, 0.1) is 0 Å². The predicted molar refractivity (Wildman–Crippen MR) is 137 cm³/mol. The van der Waals surface area contributed by atoms with Crippen LogP contribution in [0.3, 0.4) is 0 Å². The molecule has 0 spiro atoms. The van der Waals surface area contributed by atoms with Crippen molar-refractivity contribution in [3.63, 3.8) is 0 Å². The predicted octanol–water partition coefficient (Wildman–Crippen LogP) is 4.55. The summed E-state index contributed by atoms with van der Waals surface area (Å²) in [5.74, 6) is -0.478. The highest BCUT2D eigenvalue weighted by Crippen LogP contribution is 2.17. The number of benzene rings is 1. The Labute approximate surface area is 208 Å². The number of aromatic nitrogens is 3. The zero-order chi connectivity index (χ0) is 25.7. The molecule has 0 unspecified atom stereocenters. The van der Waals surface area contributed by atoms with E-state index in [1.54, 1.807) is 36.8 Å². The van der Waals surface area contributed by atoms with E-state index in [4.69, 9.17) is 0 Å². The lowest BCUT2D eigenvalue weighted by Crippen LogP contribution is -2.20. The Kier molecular flexibility index (Phi) is 7.10. The number of pyridine rings is 3. The fourth-order valence-corrected chi connectivity index (χ4v) is 3.40. The van der Waals surface area contributed by atoms with Gasteiger partial charge in [-0.25, -0.2) is 15.0 Å². The molecular formula is C27H24N6O3. The fourth-order valence-electron chi connectivity index (χ4n) is 3.40. The maximum Gasteiger partial charge on any atom is 0.256 e. The second-order valence-corrected chi connectivity index (χ2v) is 8.32. The fraction of sp³-hybridized carbons (Fsp3) is 0.111. The maximum atomic E-state index is 13.0. The molecule has 1 aromatic carbocycles. The van der Waals surface area contributed by atoms with Crippen molar-refractivity contribution in [2.75, 3.05) is 16.0 Å². The van der Waals surface area contributed by atoms with Gasteiger partial charge in [0.25, 0.3) is 17.7 Å². The van der Waals surface area contributed by atoms with Crippen LogP contribution in [0.25, 0.3) is 0 Å². The molecule has 0 saturated carbocycles. The topological polar surface area (TPSA) is 126 Å². The Morgan fingerprint density at radius 2 is 0.778 bits per heavy atom.